The van der Waals surface area contributed by atoms with Crippen molar-refractivity contribution in [2.45, 2.75) is 45.2 Å². The third-order valence-corrected chi connectivity index (χ3v) is 3.72. The molecule has 1 aromatic rings. The van der Waals surface area contributed by atoms with Crippen LogP contribution in [0.3, 0.4) is 0 Å². The molecule has 1 aliphatic heterocycles. The minimum atomic E-state index is 0.306. The molecule has 0 bridgehead atoms. The number of benzene rings is 1. The Morgan fingerprint density at radius 3 is 2.67 bits per heavy atom. The Labute approximate surface area is 93.1 Å². The van der Waals surface area contributed by atoms with E-state index in [0.29, 0.717) is 11.5 Å². The lowest BCUT2D eigenvalue weighted by Gasteiger charge is -2.28. The fourth-order valence-electron chi connectivity index (χ4n) is 2.75. The van der Waals surface area contributed by atoms with Crippen molar-refractivity contribution in [1.82, 2.24) is 4.90 Å². The van der Waals surface area contributed by atoms with Gasteiger partial charge in [-0.05, 0) is 36.9 Å². The molecule has 2 rings (SSSR count). The summed E-state index contributed by atoms with van der Waals surface area (Å²) in [7, 11) is 2.23. The predicted molar refractivity (Wildman–Crippen MR) is 65.0 cm³/mol. The van der Waals surface area contributed by atoms with E-state index in [1.165, 1.54) is 17.5 Å². The van der Waals surface area contributed by atoms with E-state index >= 15 is 0 Å². The van der Waals surface area contributed by atoms with Gasteiger partial charge >= 0.3 is 0 Å². The van der Waals surface area contributed by atoms with Gasteiger partial charge in [0, 0.05) is 12.6 Å². The van der Waals surface area contributed by atoms with Gasteiger partial charge in [-0.2, -0.15) is 0 Å². The first-order valence-electron chi connectivity index (χ1n) is 5.79. The predicted octanol–water partition coefficient (Wildman–Crippen LogP) is 3.19. The van der Waals surface area contributed by atoms with Gasteiger partial charge < -0.3 is 0 Å². The van der Waals surface area contributed by atoms with Crippen LogP contribution < -0.4 is 0 Å². The second kappa shape index (κ2) is 3.64. The van der Waals surface area contributed by atoms with Gasteiger partial charge in [0.05, 0.1) is 0 Å². The van der Waals surface area contributed by atoms with Crippen molar-refractivity contribution < 1.29 is 0 Å². The Balaban J connectivity index is 2.48. The van der Waals surface area contributed by atoms with Crippen LogP contribution in [-0.2, 0) is 12.0 Å². The third kappa shape index (κ3) is 1.93. The molecule has 0 amide bonds. The lowest BCUT2D eigenvalue weighted by molar-refractivity contribution is 0.224. The molecule has 82 valence electrons. The van der Waals surface area contributed by atoms with Crippen LogP contribution in [0.5, 0.6) is 0 Å². The molecule has 15 heavy (non-hydrogen) atoms. The van der Waals surface area contributed by atoms with E-state index in [0.717, 1.165) is 6.54 Å². The fourth-order valence-corrected chi connectivity index (χ4v) is 2.75. The highest BCUT2D eigenvalue weighted by atomic mass is 15.1. The maximum atomic E-state index is 2.45. The molecule has 0 aromatic heterocycles. The maximum absolute atomic E-state index is 2.45. The van der Waals surface area contributed by atoms with Crippen molar-refractivity contribution >= 4 is 0 Å². The lowest BCUT2D eigenvalue weighted by Crippen LogP contribution is -2.30. The standard InChI is InChI=1S/C14H21N/c1-11-9-14(2,3)13-8-6-5-7-12(13)10-15(11)4/h5-8,11H,9-10H2,1-4H3. The molecular formula is C14H21N. The molecule has 1 aliphatic rings. The summed E-state index contributed by atoms with van der Waals surface area (Å²) in [4.78, 5) is 2.45. The highest BCUT2D eigenvalue weighted by Gasteiger charge is 2.30. The van der Waals surface area contributed by atoms with Crippen molar-refractivity contribution in [2.75, 3.05) is 7.05 Å². The topological polar surface area (TPSA) is 3.24 Å². The van der Waals surface area contributed by atoms with E-state index < -0.39 is 0 Å². The molecule has 1 aromatic carbocycles. The van der Waals surface area contributed by atoms with Gasteiger partial charge in [-0.15, -0.1) is 0 Å². The second-order valence-electron chi connectivity index (χ2n) is 5.51. The molecule has 0 saturated heterocycles. The first-order chi connectivity index (χ1) is 7.00. The molecule has 1 atom stereocenters. The summed E-state index contributed by atoms with van der Waals surface area (Å²) in [5.41, 5.74) is 3.33. The number of hydrogen-bond acceptors (Lipinski definition) is 1. The number of fused-ring (bicyclic) bond motifs is 1. The molecule has 0 radical (unpaired) electrons. The van der Waals surface area contributed by atoms with E-state index in [-0.39, 0.29) is 0 Å². The van der Waals surface area contributed by atoms with Crippen LogP contribution in [0.25, 0.3) is 0 Å². The summed E-state index contributed by atoms with van der Waals surface area (Å²) in [6, 6.07) is 9.54. The largest absolute Gasteiger partial charge is 0.299 e. The van der Waals surface area contributed by atoms with E-state index in [1.54, 1.807) is 0 Å². The average Bonchev–Trinajstić information content (AvgIpc) is 2.24. The van der Waals surface area contributed by atoms with Crippen LogP contribution in [0.1, 0.15) is 38.3 Å². The third-order valence-electron chi connectivity index (χ3n) is 3.72. The first-order valence-corrected chi connectivity index (χ1v) is 5.79. The number of rotatable bonds is 0. The molecule has 0 fully saturated rings. The minimum absolute atomic E-state index is 0.306. The van der Waals surface area contributed by atoms with Crippen molar-refractivity contribution in [3.63, 3.8) is 0 Å². The van der Waals surface area contributed by atoms with Crippen LogP contribution in [0, 0.1) is 0 Å². The van der Waals surface area contributed by atoms with Gasteiger partial charge in [0.15, 0.2) is 0 Å². The first kappa shape index (κ1) is 10.7. The van der Waals surface area contributed by atoms with E-state index in [1.807, 2.05) is 0 Å². The van der Waals surface area contributed by atoms with Crippen LogP contribution >= 0.6 is 0 Å². The molecular weight excluding hydrogens is 182 g/mol. The summed E-state index contributed by atoms with van der Waals surface area (Å²) in [6.07, 6.45) is 1.24. The van der Waals surface area contributed by atoms with E-state index in [4.69, 9.17) is 0 Å². The molecule has 1 unspecified atom stereocenters. The van der Waals surface area contributed by atoms with Crippen molar-refractivity contribution in [2.24, 2.45) is 0 Å². The van der Waals surface area contributed by atoms with Gasteiger partial charge in [0.25, 0.3) is 0 Å². The summed E-state index contributed by atoms with van der Waals surface area (Å²) < 4.78 is 0. The van der Waals surface area contributed by atoms with Crippen molar-refractivity contribution in [3.05, 3.63) is 35.4 Å². The zero-order valence-electron chi connectivity index (χ0n) is 10.2. The van der Waals surface area contributed by atoms with Gasteiger partial charge in [-0.25, -0.2) is 0 Å². The maximum Gasteiger partial charge on any atom is 0.0236 e. The molecule has 1 heteroatoms. The Bertz CT molecular complexity index is 354. The van der Waals surface area contributed by atoms with Crippen LogP contribution in [0.15, 0.2) is 24.3 Å². The Hall–Kier alpha value is -0.820. The second-order valence-corrected chi connectivity index (χ2v) is 5.51. The molecule has 0 saturated carbocycles. The normalized spacial score (nSPS) is 25.7. The van der Waals surface area contributed by atoms with Gasteiger partial charge in [-0.1, -0.05) is 38.1 Å². The van der Waals surface area contributed by atoms with Gasteiger partial charge in [0.1, 0.15) is 0 Å². The van der Waals surface area contributed by atoms with Crippen LogP contribution in [-0.4, -0.2) is 18.0 Å². The van der Waals surface area contributed by atoms with Gasteiger partial charge in [-0.3, -0.25) is 4.90 Å². The summed E-state index contributed by atoms with van der Waals surface area (Å²) in [6.45, 7) is 8.14. The molecule has 0 N–H and O–H groups in total. The SMILES string of the molecule is CC1CC(C)(C)c2ccccc2CN1C. The number of nitrogens with zero attached hydrogens (tertiary/aromatic N) is 1. The number of hydrogen-bond donors (Lipinski definition) is 0. The van der Waals surface area contributed by atoms with Crippen molar-refractivity contribution in [3.8, 4) is 0 Å². The summed E-state index contributed by atoms with van der Waals surface area (Å²) >= 11 is 0. The van der Waals surface area contributed by atoms with E-state index in [2.05, 4.69) is 57.0 Å². The molecule has 0 aliphatic carbocycles. The Morgan fingerprint density at radius 2 is 1.93 bits per heavy atom. The average molecular weight is 203 g/mol. The summed E-state index contributed by atoms with van der Waals surface area (Å²) in [5.74, 6) is 0. The zero-order chi connectivity index (χ0) is 11.1. The van der Waals surface area contributed by atoms with Gasteiger partial charge in [0.2, 0.25) is 0 Å². The van der Waals surface area contributed by atoms with Crippen LogP contribution in [0.2, 0.25) is 0 Å². The van der Waals surface area contributed by atoms with E-state index in [9.17, 15) is 0 Å². The molecule has 1 heterocycles. The lowest BCUT2D eigenvalue weighted by atomic mass is 9.78. The Morgan fingerprint density at radius 1 is 1.27 bits per heavy atom. The summed E-state index contributed by atoms with van der Waals surface area (Å²) in [5, 5.41) is 0. The molecule has 0 spiro atoms. The molecule has 1 nitrogen and oxygen atoms in total. The quantitative estimate of drug-likeness (QED) is 0.626. The smallest absolute Gasteiger partial charge is 0.0236 e. The monoisotopic (exact) mass is 203 g/mol. The fraction of sp³-hybridized carbons (Fsp3) is 0.571. The Kier molecular flexibility index (Phi) is 2.59. The highest BCUT2D eigenvalue weighted by Crippen LogP contribution is 2.35. The highest BCUT2D eigenvalue weighted by molar-refractivity contribution is 5.34. The van der Waals surface area contributed by atoms with Crippen molar-refractivity contribution in [1.29, 1.82) is 0 Å². The van der Waals surface area contributed by atoms with Crippen LogP contribution in [0.4, 0.5) is 0 Å². The zero-order valence-corrected chi connectivity index (χ0v) is 10.2. The minimum Gasteiger partial charge on any atom is -0.299 e.